The van der Waals surface area contributed by atoms with Crippen molar-refractivity contribution in [2.24, 2.45) is 0 Å². The molecule has 6 heteroatoms. The van der Waals surface area contributed by atoms with Crippen LogP contribution in [0.3, 0.4) is 0 Å². The molecule has 0 amide bonds. The molecular weight excluding hydrogens is 223 g/mol. The zero-order valence-corrected chi connectivity index (χ0v) is 8.71. The zero-order chi connectivity index (χ0) is 12.2. The molecule has 90 valence electrons. The number of nitrogens with zero attached hydrogens (tertiary/aromatic N) is 1. The van der Waals surface area contributed by atoms with Gasteiger partial charge in [-0.15, -0.1) is 0 Å². The summed E-state index contributed by atoms with van der Waals surface area (Å²) < 4.78 is 40.5. The Bertz CT molecular complexity index is 352. The molecule has 0 saturated heterocycles. The minimum absolute atomic E-state index is 0.205. The average molecular weight is 235 g/mol. The van der Waals surface area contributed by atoms with Crippen LogP contribution in [0.2, 0.25) is 0 Å². The lowest BCUT2D eigenvalue weighted by Gasteiger charge is -2.10. The van der Waals surface area contributed by atoms with Gasteiger partial charge in [0.1, 0.15) is 5.75 Å². The maximum absolute atomic E-state index is 11.8. The highest BCUT2D eigenvalue weighted by Crippen LogP contribution is 2.22. The molecule has 0 radical (unpaired) electrons. The Morgan fingerprint density at radius 1 is 1.44 bits per heavy atom. The molecular formula is C10H12F3NO2. The first kappa shape index (κ1) is 12.8. The van der Waals surface area contributed by atoms with Gasteiger partial charge >= 0.3 is 6.18 Å². The quantitative estimate of drug-likeness (QED) is 0.870. The summed E-state index contributed by atoms with van der Waals surface area (Å²) in [6, 6.07) is 1.57. The zero-order valence-electron chi connectivity index (χ0n) is 8.71. The SMILES string of the molecule is Cc1cc(CO)ncc1OCCC(F)(F)F. The number of aryl methyl sites for hydroxylation is 1. The molecule has 0 saturated carbocycles. The Morgan fingerprint density at radius 3 is 2.62 bits per heavy atom. The molecule has 0 aliphatic carbocycles. The van der Waals surface area contributed by atoms with Crippen molar-refractivity contribution in [3.8, 4) is 5.75 Å². The van der Waals surface area contributed by atoms with Crippen molar-refractivity contribution in [1.82, 2.24) is 4.98 Å². The molecule has 1 N–H and O–H groups in total. The molecule has 0 atom stereocenters. The normalized spacial score (nSPS) is 11.6. The number of hydrogen-bond acceptors (Lipinski definition) is 3. The number of hydrogen-bond donors (Lipinski definition) is 1. The summed E-state index contributed by atoms with van der Waals surface area (Å²) in [5.74, 6) is 0.307. The fourth-order valence-corrected chi connectivity index (χ4v) is 1.12. The first-order valence-electron chi connectivity index (χ1n) is 4.68. The van der Waals surface area contributed by atoms with Crippen LogP contribution in [0, 0.1) is 6.92 Å². The second-order valence-electron chi connectivity index (χ2n) is 3.31. The summed E-state index contributed by atoms with van der Waals surface area (Å²) in [6.45, 7) is 1.05. The number of pyridine rings is 1. The summed E-state index contributed by atoms with van der Waals surface area (Å²) in [5.41, 5.74) is 1.11. The van der Waals surface area contributed by atoms with E-state index in [4.69, 9.17) is 9.84 Å². The molecule has 1 heterocycles. The van der Waals surface area contributed by atoms with E-state index in [1.807, 2.05) is 0 Å². The van der Waals surface area contributed by atoms with Gasteiger partial charge < -0.3 is 9.84 Å². The van der Waals surface area contributed by atoms with Gasteiger partial charge in [-0.3, -0.25) is 4.98 Å². The summed E-state index contributed by atoms with van der Waals surface area (Å²) >= 11 is 0. The van der Waals surface area contributed by atoms with E-state index < -0.39 is 19.2 Å². The smallest absolute Gasteiger partial charge is 0.392 e. The minimum atomic E-state index is -4.22. The second-order valence-corrected chi connectivity index (χ2v) is 3.31. The van der Waals surface area contributed by atoms with Gasteiger partial charge in [-0.25, -0.2) is 0 Å². The standard InChI is InChI=1S/C10H12F3NO2/c1-7-4-8(6-15)14-5-9(7)16-3-2-10(11,12)13/h4-5,15H,2-3,6H2,1H3. The van der Waals surface area contributed by atoms with E-state index >= 15 is 0 Å². The first-order valence-corrected chi connectivity index (χ1v) is 4.68. The number of aliphatic hydroxyl groups excluding tert-OH is 1. The van der Waals surface area contributed by atoms with Gasteiger partial charge in [0.15, 0.2) is 0 Å². The third kappa shape index (κ3) is 4.06. The maximum Gasteiger partial charge on any atom is 0.392 e. The molecule has 0 aromatic carbocycles. The van der Waals surface area contributed by atoms with E-state index in [2.05, 4.69) is 4.98 Å². The van der Waals surface area contributed by atoms with Gasteiger partial charge in [-0.1, -0.05) is 0 Å². The van der Waals surface area contributed by atoms with Crippen LogP contribution in [0.25, 0.3) is 0 Å². The van der Waals surface area contributed by atoms with Crippen LogP contribution in [-0.2, 0) is 6.61 Å². The van der Waals surface area contributed by atoms with E-state index in [1.165, 1.54) is 6.20 Å². The Balaban J connectivity index is 2.55. The van der Waals surface area contributed by atoms with Crippen LogP contribution >= 0.6 is 0 Å². The van der Waals surface area contributed by atoms with Gasteiger partial charge in [0.25, 0.3) is 0 Å². The largest absolute Gasteiger partial charge is 0.491 e. The summed E-state index contributed by atoms with van der Waals surface area (Å²) in [5, 5.41) is 8.78. The van der Waals surface area contributed by atoms with Crippen LogP contribution in [0.1, 0.15) is 17.7 Å². The minimum Gasteiger partial charge on any atom is -0.491 e. The molecule has 0 fully saturated rings. The average Bonchev–Trinajstić information content (AvgIpc) is 2.18. The van der Waals surface area contributed by atoms with E-state index in [-0.39, 0.29) is 6.61 Å². The molecule has 0 aliphatic heterocycles. The van der Waals surface area contributed by atoms with Crippen LogP contribution < -0.4 is 4.74 Å². The van der Waals surface area contributed by atoms with Crippen molar-refractivity contribution in [2.75, 3.05) is 6.61 Å². The van der Waals surface area contributed by atoms with Crippen LogP contribution in [0.15, 0.2) is 12.3 Å². The lowest BCUT2D eigenvalue weighted by Crippen LogP contribution is -2.13. The number of aliphatic hydroxyl groups is 1. The van der Waals surface area contributed by atoms with Crippen molar-refractivity contribution in [3.05, 3.63) is 23.5 Å². The Labute approximate surface area is 90.9 Å². The van der Waals surface area contributed by atoms with Crippen molar-refractivity contribution in [3.63, 3.8) is 0 Å². The van der Waals surface area contributed by atoms with E-state index in [9.17, 15) is 13.2 Å². The lowest BCUT2D eigenvalue weighted by atomic mass is 10.2. The highest BCUT2D eigenvalue weighted by molar-refractivity contribution is 5.30. The summed E-state index contributed by atoms with van der Waals surface area (Å²) in [6.07, 6.45) is -3.89. The Hall–Kier alpha value is -1.30. The molecule has 0 bridgehead atoms. The van der Waals surface area contributed by atoms with Crippen LogP contribution in [0.5, 0.6) is 5.75 Å². The topological polar surface area (TPSA) is 42.4 Å². The highest BCUT2D eigenvalue weighted by Gasteiger charge is 2.26. The number of rotatable bonds is 4. The van der Waals surface area contributed by atoms with Gasteiger partial charge in [0, 0.05) is 0 Å². The number of ether oxygens (including phenoxy) is 1. The highest BCUT2D eigenvalue weighted by atomic mass is 19.4. The molecule has 1 aromatic heterocycles. The van der Waals surface area contributed by atoms with E-state index in [0.717, 1.165) is 0 Å². The fraction of sp³-hybridized carbons (Fsp3) is 0.500. The van der Waals surface area contributed by atoms with Crippen molar-refractivity contribution in [2.45, 2.75) is 26.1 Å². The third-order valence-corrected chi connectivity index (χ3v) is 1.92. The lowest BCUT2D eigenvalue weighted by molar-refractivity contribution is -0.139. The Kier molecular flexibility index (Phi) is 4.12. The van der Waals surface area contributed by atoms with Crippen molar-refractivity contribution < 1.29 is 23.0 Å². The molecule has 0 aliphatic rings. The fourth-order valence-electron chi connectivity index (χ4n) is 1.12. The predicted molar refractivity (Wildman–Crippen MR) is 51.1 cm³/mol. The Morgan fingerprint density at radius 2 is 2.12 bits per heavy atom. The van der Waals surface area contributed by atoms with Crippen molar-refractivity contribution >= 4 is 0 Å². The molecule has 1 aromatic rings. The van der Waals surface area contributed by atoms with Gasteiger partial charge in [0.05, 0.1) is 31.5 Å². The molecule has 0 unspecified atom stereocenters. The number of halogens is 3. The molecule has 1 rings (SSSR count). The monoisotopic (exact) mass is 235 g/mol. The molecule has 0 spiro atoms. The van der Waals surface area contributed by atoms with Crippen LogP contribution in [-0.4, -0.2) is 22.9 Å². The predicted octanol–water partition coefficient (Wildman–Crippen LogP) is 2.21. The summed E-state index contributed by atoms with van der Waals surface area (Å²) in [7, 11) is 0. The van der Waals surface area contributed by atoms with E-state index in [1.54, 1.807) is 13.0 Å². The second kappa shape index (κ2) is 5.16. The number of aromatic nitrogens is 1. The maximum atomic E-state index is 11.8. The van der Waals surface area contributed by atoms with Gasteiger partial charge in [-0.2, -0.15) is 13.2 Å². The van der Waals surface area contributed by atoms with Crippen molar-refractivity contribution in [1.29, 1.82) is 0 Å². The first-order chi connectivity index (χ1) is 7.42. The number of alkyl halides is 3. The van der Waals surface area contributed by atoms with Gasteiger partial charge in [-0.05, 0) is 18.6 Å². The van der Waals surface area contributed by atoms with Crippen LogP contribution in [0.4, 0.5) is 13.2 Å². The van der Waals surface area contributed by atoms with E-state index in [0.29, 0.717) is 17.0 Å². The molecule has 16 heavy (non-hydrogen) atoms. The third-order valence-electron chi connectivity index (χ3n) is 1.92. The van der Waals surface area contributed by atoms with Gasteiger partial charge in [0.2, 0.25) is 0 Å². The molecule has 3 nitrogen and oxygen atoms in total. The summed E-state index contributed by atoms with van der Waals surface area (Å²) in [4.78, 5) is 3.82.